The van der Waals surface area contributed by atoms with Crippen LogP contribution < -0.4 is 15.4 Å². The highest BCUT2D eigenvalue weighted by Gasteiger charge is 2.34. The Balaban J connectivity index is 1.72. The van der Waals surface area contributed by atoms with Crippen LogP contribution in [0, 0.1) is 0 Å². The summed E-state index contributed by atoms with van der Waals surface area (Å²) in [5.74, 6) is 1.75. The van der Waals surface area contributed by atoms with Crippen molar-refractivity contribution in [2.75, 3.05) is 80.4 Å². The number of hydrogen-bond acceptors (Lipinski definition) is 6. The molecular weight excluding hydrogens is 406 g/mol. The second-order valence-corrected chi connectivity index (χ2v) is 8.74. The predicted molar refractivity (Wildman–Crippen MR) is 129 cm³/mol. The fourth-order valence-corrected chi connectivity index (χ4v) is 4.43. The topological polar surface area (TPSA) is 70.6 Å². The summed E-state index contributed by atoms with van der Waals surface area (Å²) in [4.78, 5) is 9.81. The van der Waals surface area contributed by atoms with Crippen LogP contribution >= 0.6 is 0 Å². The SMILES string of the molecule is CCNC(=NCC1(N(C)C)CCOCC1)NCC(c1ccc(OC)cc1)N1CCOCC1. The Labute approximate surface area is 193 Å². The van der Waals surface area contributed by atoms with Crippen molar-refractivity contribution in [1.82, 2.24) is 20.4 Å². The standard InChI is InChI=1S/C24H41N5O3/c1-5-25-23(27-19-24(28(2)3)10-14-31-15-11-24)26-18-22(29-12-16-32-17-13-29)20-6-8-21(30-4)9-7-20/h6-9,22H,5,10-19H2,1-4H3,(H2,25,26,27). The molecule has 2 aliphatic heterocycles. The van der Waals surface area contributed by atoms with Crippen LogP contribution in [0.4, 0.5) is 0 Å². The molecule has 2 heterocycles. The first-order valence-electron chi connectivity index (χ1n) is 11.8. The minimum atomic E-state index is 0.0557. The first-order chi connectivity index (χ1) is 15.6. The minimum Gasteiger partial charge on any atom is -0.497 e. The summed E-state index contributed by atoms with van der Waals surface area (Å²) in [6.07, 6.45) is 2.01. The van der Waals surface area contributed by atoms with Gasteiger partial charge in [0.1, 0.15) is 5.75 Å². The van der Waals surface area contributed by atoms with Gasteiger partial charge in [-0.15, -0.1) is 0 Å². The largest absolute Gasteiger partial charge is 0.497 e. The van der Waals surface area contributed by atoms with Crippen molar-refractivity contribution in [3.8, 4) is 5.75 Å². The Kier molecular flexibility index (Phi) is 9.59. The van der Waals surface area contributed by atoms with Crippen LogP contribution in [0.3, 0.4) is 0 Å². The minimum absolute atomic E-state index is 0.0557. The average molecular weight is 448 g/mol. The van der Waals surface area contributed by atoms with Crippen molar-refractivity contribution in [1.29, 1.82) is 0 Å². The number of methoxy groups -OCH3 is 1. The zero-order valence-corrected chi connectivity index (χ0v) is 20.2. The van der Waals surface area contributed by atoms with Gasteiger partial charge in [-0.05, 0) is 51.6 Å². The van der Waals surface area contributed by atoms with Gasteiger partial charge in [0, 0.05) is 44.9 Å². The van der Waals surface area contributed by atoms with Gasteiger partial charge in [-0.1, -0.05) is 12.1 Å². The first kappa shape index (κ1) is 24.8. The molecule has 8 nitrogen and oxygen atoms in total. The third-order valence-electron chi connectivity index (χ3n) is 6.70. The van der Waals surface area contributed by atoms with Gasteiger partial charge in [0.25, 0.3) is 0 Å². The lowest BCUT2D eigenvalue weighted by Crippen LogP contribution is -2.52. The van der Waals surface area contributed by atoms with Gasteiger partial charge in [-0.25, -0.2) is 0 Å². The third kappa shape index (κ3) is 6.57. The fourth-order valence-electron chi connectivity index (χ4n) is 4.43. The van der Waals surface area contributed by atoms with Crippen molar-refractivity contribution in [3.63, 3.8) is 0 Å². The number of hydrogen-bond donors (Lipinski definition) is 2. The van der Waals surface area contributed by atoms with E-state index in [9.17, 15) is 0 Å². The summed E-state index contributed by atoms with van der Waals surface area (Å²) in [6, 6.07) is 8.63. The van der Waals surface area contributed by atoms with Crippen LogP contribution in [0.2, 0.25) is 0 Å². The van der Waals surface area contributed by atoms with Gasteiger partial charge in [0.2, 0.25) is 0 Å². The summed E-state index contributed by atoms with van der Waals surface area (Å²) in [7, 11) is 6.01. The maximum atomic E-state index is 5.61. The Bertz CT molecular complexity index is 698. The van der Waals surface area contributed by atoms with Crippen molar-refractivity contribution in [2.24, 2.45) is 4.99 Å². The van der Waals surface area contributed by atoms with E-state index < -0.39 is 0 Å². The lowest BCUT2D eigenvalue weighted by Gasteiger charge is -2.41. The molecular formula is C24H41N5O3. The molecule has 180 valence electrons. The van der Waals surface area contributed by atoms with Crippen molar-refractivity contribution < 1.29 is 14.2 Å². The zero-order valence-electron chi connectivity index (χ0n) is 20.2. The molecule has 1 unspecified atom stereocenters. The van der Waals surface area contributed by atoms with E-state index in [1.807, 2.05) is 12.1 Å². The number of aliphatic imine (C=N–C) groups is 1. The maximum Gasteiger partial charge on any atom is 0.191 e. The Morgan fingerprint density at radius 3 is 2.34 bits per heavy atom. The number of benzene rings is 1. The lowest BCUT2D eigenvalue weighted by atomic mass is 9.89. The molecule has 1 aromatic carbocycles. The Morgan fingerprint density at radius 1 is 1.09 bits per heavy atom. The van der Waals surface area contributed by atoms with E-state index in [1.165, 1.54) is 5.56 Å². The van der Waals surface area contributed by atoms with Gasteiger partial charge in [0.05, 0.1) is 32.9 Å². The van der Waals surface area contributed by atoms with Crippen molar-refractivity contribution in [3.05, 3.63) is 29.8 Å². The summed E-state index contributed by atoms with van der Waals surface area (Å²) in [6.45, 7) is 9.46. The maximum absolute atomic E-state index is 5.61. The summed E-state index contributed by atoms with van der Waals surface area (Å²) in [5.41, 5.74) is 1.32. The molecule has 2 fully saturated rings. The molecule has 0 aliphatic carbocycles. The van der Waals surface area contributed by atoms with Gasteiger partial charge >= 0.3 is 0 Å². The Hall–Kier alpha value is -1.87. The molecule has 3 rings (SSSR count). The van der Waals surface area contributed by atoms with Crippen molar-refractivity contribution in [2.45, 2.75) is 31.3 Å². The number of rotatable bonds is 9. The number of nitrogens with zero attached hydrogens (tertiary/aromatic N) is 3. The lowest BCUT2D eigenvalue weighted by molar-refractivity contribution is -0.00257. The fraction of sp³-hybridized carbons (Fsp3) is 0.708. The molecule has 0 saturated carbocycles. The number of morpholine rings is 1. The van der Waals surface area contributed by atoms with Crippen LogP contribution in [-0.4, -0.2) is 102 Å². The molecule has 1 aromatic rings. The van der Waals surface area contributed by atoms with E-state index >= 15 is 0 Å². The van der Waals surface area contributed by atoms with Gasteiger partial charge in [-0.3, -0.25) is 9.89 Å². The normalized spacial score (nSPS) is 20.7. The molecule has 0 bridgehead atoms. The molecule has 2 N–H and O–H groups in total. The van der Waals surface area contributed by atoms with E-state index in [0.29, 0.717) is 0 Å². The molecule has 2 saturated heterocycles. The van der Waals surface area contributed by atoms with E-state index in [1.54, 1.807) is 7.11 Å². The molecule has 0 radical (unpaired) electrons. The highest BCUT2D eigenvalue weighted by Crippen LogP contribution is 2.26. The third-order valence-corrected chi connectivity index (χ3v) is 6.70. The van der Waals surface area contributed by atoms with Crippen LogP contribution in [0.1, 0.15) is 31.4 Å². The molecule has 2 aliphatic rings. The first-order valence-corrected chi connectivity index (χ1v) is 11.8. The number of guanidine groups is 1. The van der Waals surface area contributed by atoms with Gasteiger partial charge < -0.3 is 29.7 Å². The van der Waals surface area contributed by atoms with Crippen LogP contribution in [-0.2, 0) is 9.47 Å². The van der Waals surface area contributed by atoms with E-state index in [-0.39, 0.29) is 11.6 Å². The second-order valence-electron chi connectivity index (χ2n) is 8.74. The van der Waals surface area contributed by atoms with E-state index in [2.05, 4.69) is 53.6 Å². The number of ether oxygens (including phenoxy) is 3. The van der Waals surface area contributed by atoms with E-state index in [4.69, 9.17) is 19.2 Å². The highest BCUT2D eigenvalue weighted by molar-refractivity contribution is 5.79. The predicted octanol–water partition coefficient (Wildman–Crippen LogP) is 1.73. The number of nitrogens with one attached hydrogen (secondary N) is 2. The molecule has 32 heavy (non-hydrogen) atoms. The Morgan fingerprint density at radius 2 is 1.75 bits per heavy atom. The summed E-state index contributed by atoms with van der Waals surface area (Å²) in [5, 5.41) is 7.05. The molecule has 0 spiro atoms. The highest BCUT2D eigenvalue weighted by atomic mass is 16.5. The van der Waals surface area contributed by atoms with Crippen LogP contribution in [0.15, 0.2) is 29.3 Å². The molecule has 0 aromatic heterocycles. The molecule has 1 atom stereocenters. The number of likely N-dealkylation sites (N-methyl/N-ethyl adjacent to an activating group) is 1. The monoisotopic (exact) mass is 447 g/mol. The summed E-state index contributed by atoms with van der Waals surface area (Å²) < 4.78 is 16.6. The van der Waals surface area contributed by atoms with Gasteiger partial charge in [-0.2, -0.15) is 0 Å². The summed E-state index contributed by atoms with van der Waals surface area (Å²) >= 11 is 0. The molecule has 8 heteroatoms. The second kappa shape index (κ2) is 12.4. The smallest absolute Gasteiger partial charge is 0.191 e. The van der Waals surface area contributed by atoms with Crippen molar-refractivity contribution >= 4 is 5.96 Å². The zero-order chi connectivity index (χ0) is 22.8. The van der Waals surface area contributed by atoms with Crippen LogP contribution in [0.5, 0.6) is 5.75 Å². The average Bonchev–Trinajstić information content (AvgIpc) is 2.84. The van der Waals surface area contributed by atoms with Crippen LogP contribution in [0.25, 0.3) is 0 Å². The van der Waals surface area contributed by atoms with Gasteiger partial charge in [0.15, 0.2) is 5.96 Å². The van der Waals surface area contributed by atoms with E-state index in [0.717, 1.165) is 83.7 Å². The molecule has 0 amide bonds. The quantitative estimate of drug-likeness (QED) is 0.441.